The molecule has 0 radical (unpaired) electrons. The average Bonchev–Trinajstić information content (AvgIpc) is 3.10. The van der Waals surface area contributed by atoms with Crippen molar-refractivity contribution >= 4 is 5.91 Å². The molecule has 132 valence electrons. The predicted octanol–water partition coefficient (Wildman–Crippen LogP) is 3.80. The van der Waals surface area contributed by atoms with Crippen molar-refractivity contribution in [3.05, 3.63) is 11.7 Å². The quantitative estimate of drug-likeness (QED) is 0.823. The van der Waals surface area contributed by atoms with Gasteiger partial charge in [-0.15, -0.1) is 0 Å². The lowest BCUT2D eigenvalue weighted by Gasteiger charge is -2.38. The largest absolute Gasteiger partial charge is 0.342 e. The average molecular weight is 331 g/mol. The first-order valence-electron chi connectivity index (χ1n) is 9.76. The maximum Gasteiger partial charge on any atom is 0.234 e. The number of nitrogens with zero attached hydrogens (tertiary/aromatic N) is 3. The molecule has 1 atom stereocenters. The number of hydrogen-bond donors (Lipinski definition) is 0. The van der Waals surface area contributed by atoms with Gasteiger partial charge in [-0.05, 0) is 44.9 Å². The molecular weight excluding hydrogens is 302 g/mol. The molecule has 4 rings (SSSR count). The van der Waals surface area contributed by atoms with Crippen molar-refractivity contribution < 1.29 is 9.32 Å². The van der Waals surface area contributed by atoms with Crippen LogP contribution in [0.5, 0.6) is 0 Å². The maximum atomic E-state index is 12.7. The minimum Gasteiger partial charge on any atom is -0.342 e. The summed E-state index contributed by atoms with van der Waals surface area (Å²) < 4.78 is 5.58. The molecule has 3 aliphatic rings. The van der Waals surface area contributed by atoms with Gasteiger partial charge >= 0.3 is 0 Å². The summed E-state index contributed by atoms with van der Waals surface area (Å²) in [6.07, 6.45) is 11.5. The van der Waals surface area contributed by atoms with E-state index in [1.807, 2.05) is 4.90 Å². The highest BCUT2D eigenvalue weighted by molar-refractivity contribution is 5.76. The van der Waals surface area contributed by atoms with Gasteiger partial charge in [0.05, 0.1) is 5.41 Å². The van der Waals surface area contributed by atoms with Gasteiger partial charge in [-0.2, -0.15) is 4.98 Å². The molecule has 0 bridgehead atoms. The van der Waals surface area contributed by atoms with Gasteiger partial charge in [0.2, 0.25) is 11.8 Å². The van der Waals surface area contributed by atoms with E-state index in [1.165, 1.54) is 38.5 Å². The Morgan fingerprint density at radius 2 is 2.04 bits per heavy atom. The molecule has 1 amide bonds. The molecular formula is C19H29N3O2. The Balaban J connectivity index is 1.37. The van der Waals surface area contributed by atoms with Gasteiger partial charge in [0, 0.05) is 25.4 Å². The van der Waals surface area contributed by atoms with Crippen LogP contribution in [0.25, 0.3) is 0 Å². The normalized spacial score (nSPS) is 28.5. The van der Waals surface area contributed by atoms with Crippen LogP contribution in [0.4, 0.5) is 0 Å². The highest BCUT2D eigenvalue weighted by Gasteiger charge is 2.40. The Hall–Kier alpha value is -1.39. The minimum absolute atomic E-state index is 0.179. The predicted molar refractivity (Wildman–Crippen MR) is 90.6 cm³/mol. The van der Waals surface area contributed by atoms with E-state index in [1.54, 1.807) is 0 Å². The zero-order valence-electron chi connectivity index (χ0n) is 14.8. The monoisotopic (exact) mass is 331 g/mol. The number of likely N-dealkylation sites (tertiary alicyclic amines) is 1. The molecule has 1 aromatic rings. The Morgan fingerprint density at radius 1 is 1.25 bits per heavy atom. The number of piperidine rings is 1. The summed E-state index contributed by atoms with van der Waals surface area (Å²) in [6.45, 7) is 3.78. The van der Waals surface area contributed by atoms with Crippen molar-refractivity contribution in [2.75, 3.05) is 13.1 Å². The highest BCUT2D eigenvalue weighted by Crippen LogP contribution is 2.40. The first kappa shape index (κ1) is 16.1. The third kappa shape index (κ3) is 3.35. The van der Waals surface area contributed by atoms with Crippen LogP contribution in [-0.2, 0) is 10.2 Å². The third-order valence-electron chi connectivity index (χ3n) is 6.19. The van der Waals surface area contributed by atoms with Crippen molar-refractivity contribution in [1.82, 2.24) is 15.0 Å². The first-order chi connectivity index (χ1) is 11.6. The third-order valence-corrected chi connectivity index (χ3v) is 6.19. The number of carbonyl (C=O) groups excluding carboxylic acids is 1. The van der Waals surface area contributed by atoms with E-state index in [-0.39, 0.29) is 5.41 Å². The molecule has 1 saturated heterocycles. The van der Waals surface area contributed by atoms with Crippen LogP contribution in [0.2, 0.25) is 0 Å². The summed E-state index contributed by atoms with van der Waals surface area (Å²) in [5.74, 6) is 3.21. The fourth-order valence-corrected chi connectivity index (χ4v) is 4.40. The zero-order valence-corrected chi connectivity index (χ0v) is 14.8. The fraction of sp³-hybridized carbons (Fsp3) is 0.842. The summed E-state index contributed by atoms with van der Waals surface area (Å²) in [5.41, 5.74) is -0.179. The molecule has 0 spiro atoms. The molecule has 1 aliphatic heterocycles. The van der Waals surface area contributed by atoms with Crippen LogP contribution in [0.15, 0.2) is 4.52 Å². The van der Waals surface area contributed by atoms with Gasteiger partial charge in [-0.25, -0.2) is 0 Å². The van der Waals surface area contributed by atoms with E-state index in [2.05, 4.69) is 17.1 Å². The molecule has 2 heterocycles. The first-order valence-corrected chi connectivity index (χ1v) is 9.76. The molecule has 0 N–H and O–H groups in total. The molecule has 5 nitrogen and oxygen atoms in total. The summed E-state index contributed by atoms with van der Waals surface area (Å²) in [7, 11) is 0. The van der Waals surface area contributed by atoms with Crippen LogP contribution in [0, 0.1) is 5.92 Å². The number of carbonyl (C=O) groups is 1. The van der Waals surface area contributed by atoms with Crippen LogP contribution < -0.4 is 0 Å². The van der Waals surface area contributed by atoms with E-state index >= 15 is 0 Å². The van der Waals surface area contributed by atoms with Crippen molar-refractivity contribution in [2.24, 2.45) is 5.92 Å². The fourth-order valence-electron chi connectivity index (χ4n) is 4.40. The molecule has 24 heavy (non-hydrogen) atoms. The second-order valence-corrected chi connectivity index (χ2v) is 8.40. The summed E-state index contributed by atoms with van der Waals surface area (Å²) in [5, 5.41) is 4.17. The van der Waals surface area contributed by atoms with E-state index in [9.17, 15) is 4.79 Å². The molecule has 0 unspecified atom stereocenters. The van der Waals surface area contributed by atoms with Gasteiger partial charge in [-0.3, -0.25) is 4.79 Å². The lowest BCUT2D eigenvalue weighted by Crippen LogP contribution is -2.47. The number of amides is 1. The molecule has 3 fully saturated rings. The molecule has 2 saturated carbocycles. The second-order valence-electron chi connectivity index (χ2n) is 8.40. The molecule has 2 aliphatic carbocycles. The Bertz CT molecular complexity index is 589. The van der Waals surface area contributed by atoms with Crippen molar-refractivity contribution in [1.29, 1.82) is 0 Å². The molecule has 0 aromatic carbocycles. The lowest BCUT2D eigenvalue weighted by molar-refractivity contribution is -0.133. The Morgan fingerprint density at radius 3 is 2.79 bits per heavy atom. The van der Waals surface area contributed by atoms with Gasteiger partial charge in [0.1, 0.15) is 0 Å². The highest BCUT2D eigenvalue weighted by atomic mass is 16.5. The maximum absolute atomic E-state index is 12.7. The van der Waals surface area contributed by atoms with Crippen molar-refractivity contribution in [2.45, 2.75) is 82.5 Å². The van der Waals surface area contributed by atoms with E-state index < -0.39 is 0 Å². The van der Waals surface area contributed by atoms with Crippen LogP contribution in [0.3, 0.4) is 0 Å². The molecule has 5 heteroatoms. The van der Waals surface area contributed by atoms with Crippen molar-refractivity contribution in [3.63, 3.8) is 0 Å². The van der Waals surface area contributed by atoms with Gasteiger partial charge in [0.15, 0.2) is 5.82 Å². The standard InChI is InChI=1S/C19H29N3O2/c1-19(18-20-17(21-24-18)15-8-9-15)11-4-12-22(13-19)16(23)10-7-14-5-2-3-6-14/h14-15H,2-13H2,1H3/t19-/m0/s1. The summed E-state index contributed by atoms with van der Waals surface area (Å²) in [6, 6.07) is 0. The number of hydrogen-bond acceptors (Lipinski definition) is 4. The van der Waals surface area contributed by atoms with Gasteiger partial charge < -0.3 is 9.42 Å². The SMILES string of the molecule is C[C@]1(c2nc(C3CC3)no2)CCCN(C(=O)CCC2CCCC2)C1. The summed E-state index contributed by atoms with van der Waals surface area (Å²) >= 11 is 0. The number of aromatic nitrogens is 2. The number of rotatable bonds is 5. The lowest BCUT2D eigenvalue weighted by atomic mass is 9.81. The topological polar surface area (TPSA) is 59.2 Å². The Kier molecular flexibility index (Phi) is 4.35. The summed E-state index contributed by atoms with van der Waals surface area (Å²) in [4.78, 5) is 19.4. The smallest absolute Gasteiger partial charge is 0.234 e. The van der Waals surface area contributed by atoms with Crippen LogP contribution in [0.1, 0.15) is 88.8 Å². The Labute approximate surface area is 144 Å². The molecule has 1 aromatic heterocycles. The van der Waals surface area contributed by atoms with Crippen LogP contribution in [-0.4, -0.2) is 34.0 Å². The minimum atomic E-state index is -0.179. The second kappa shape index (κ2) is 6.49. The van der Waals surface area contributed by atoms with E-state index in [0.29, 0.717) is 18.2 Å². The van der Waals surface area contributed by atoms with E-state index in [0.717, 1.165) is 50.0 Å². The van der Waals surface area contributed by atoms with Gasteiger partial charge in [-0.1, -0.05) is 30.8 Å². The zero-order chi connectivity index (χ0) is 16.6. The van der Waals surface area contributed by atoms with Crippen molar-refractivity contribution in [3.8, 4) is 0 Å². The van der Waals surface area contributed by atoms with Gasteiger partial charge in [0.25, 0.3) is 0 Å². The van der Waals surface area contributed by atoms with Crippen LogP contribution >= 0.6 is 0 Å². The van der Waals surface area contributed by atoms with E-state index in [4.69, 9.17) is 4.52 Å².